The Balaban J connectivity index is 1.73. The number of unbranched alkanes of at least 4 members (excludes halogenated alkanes) is 2. The molecule has 10 nitrogen and oxygen atoms in total. The zero-order valence-electron chi connectivity index (χ0n) is 28.5. The lowest BCUT2D eigenvalue weighted by molar-refractivity contribution is -0.143. The summed E-state index contributed by atoms with van der Waals surface area (Å²) in [5, 5.41) is 20.6. The third-order valence-corrected chi connectivity index (χ3v) is 8.38. The number of carboxylic acids is 1. The first-order valence-electron chi connectivity index (χ1n) is 16.6. The molecule has 2 atom stereocenters. The number of benzene rings is 2. The van der Waals surface area contributed by atoms with Gasteiger partial charge in [0.15, 0.2) is 5.75 Å². The third kappa shape index (κ3) is 10.9. The molecular weight excluding hydrogens is 741 g/mol. The lowest BCUT2D eigenvalue weighted by Gasteiger charge is -2.40. The highest BCUT2D eigenvalue weighted by atomic mass is 19.4. The number of nitrogens with zero attached hydrogens (tertiary/aromatic N) is 4. The number of anilines is 2. The molecule has 0 radical (unpaired) electrons. The number of alkyl halides is 9. The summed E-state index contributed by atoms with van der Waals surface area (Å²) in [6, 6.07) is 4.04. The molecule has 1 aliphatic heterocycles. The van der Waals surface area contributed by atoms with Crippen molar-refractivity contribution >= 4 is 23.7 Å². The number of amides is 1. The fourth-order valence-corrected chi connectivity index (χ4v) is 5.80. The van der Waals surface area contributed by atoms with Gasteiger partial charge in [0.2, 0.25) is 5.95 Å². The summed E-state index contributed by atoms with van der Waals surface area (Å²) in [5.41, 5.74) is -4.67. The van der Waals surface area contributed by atoms with Crippen LogP contribution in [0.2, 0.25) is 0 Å². The van der Waals surface area contributed by atoms with Crippen LogP contribution in [0, 0.1) is 11.3 Å². The van der Waals surface area contributed by atoms with Crippen molar-refractivity contribution in [2.75, 3.05) is 23.4 Å². The molecule has 2 heterocycles. The Morgan fingerprint density at radius 3 is 2.20 bits per heavy atom. The molecule has 3 aromatic rings. The van der Waals surface area contributed by atoms with Gasteiger partial charge in [0.25, 0.3) is 0 Å². The van der Waals surface area contributed by atoms with Crippen molar-refractivity contribution in [2.24, 2.45) is 0 Å². The summed E-state index contributed by atoms with van der Waals surface area (Å²) in [5.74, 6) is -1.40. The van der Waals surface area contributed by atoms with Crippen LogP contribution < -0.4 is 15.0 Å². The Labute approximate surface area is 302 Å². The van der Waals surface area contributed by atoms with Crippen LogP contribution in [-0.4, -0.2) is 46.4 Å². The van der Waals surface area contributed by atoms with E-state index in [1.807, 2.05) is 6.07 Å². The Kier molecular flexibility index (Phi) is 13.2. The number of ether oxygens (including phenoxy) is 2. The van der Waals surface area contributed by atoms with Crippen LogP contribution in [0.3, 0.4) is 0 Å². The molecule has 2 N–H and O–H groups in total. The number of rotatable bonds is 14. The monoisotopic (exact) mass is 775 g/mol. The smallest absolute Gasteiger partial charge is 0.416 e. The number of fused-ring (bicyclic) bond motifs is 1. The molecule has 0 spiro atoms. The number of aliphatic carboxylic acids is 1. The maximum absolute atomic E-state index is 13.9. The van der Waals surface area contributed by atoms with E-state index in [1.54, 1.807) is 6.92 Å². The predicted octanol–water partition coefficient (Wildman–Crippen LogP) is 9.34. The highest BCUT2D eigenvalue weighted by Gasteiger charge is 2.40. The molecule has 0 unspecified atom stereocenters. The highest BCUT2D eigenvalue weighted by Crippen LogP contribution is 2.43. The van der Waals surface area contributed by atoms with Crippen LogP contribution in [0.4, 0.5) is 55.9 Å². The van der Waals surface area contributed by atoms with Crippen molar-refractivity contribution in [2.45, 2.75) is 88.9 Å². The summed E-state index contributed by atoms with van der Waals surface area (Å²) in [4.78, 5) is 33.8. The number of carbonyl (C=O) groups is 2. The molecule has 1 amide bonds. The van der Waals surface area contributed by atoms with E-state index in [-0.39, 0.29) is 86.4 Å². The van der Waals surface area contributed by atoms with E-state index in [0.29, 0.717) is 18.6 Å². The molecule has 1 aromatic heterocycles. The van der Waals surface area contributed by atoms with E-state index >= 15 is 0 Å². The maximum atomic E-state index is 13.9. The van der Waals surface area contributed by atoms with Gasteiger partial charge in [-0.05, 0) is 79.6 Å². The zero-order valence-corrected chi connectivity index (χ0v) is 28.5. The fraction of sp³-hybridized carbons (Fsp3) is 0.457. The van der Waals surface area contributed by atoms with Gasteiger partial charge in [0, 0.05) is 25.3 Å². The second-order valence-corrected chi connectivity index (χ2v) is 12.3. The second-order valence-electron chi connectivity index (χ2n) is 12.3. The van der Waals surface area contributed by atoms with Crippen molar-refractivity contribution < 1.29 is 63.7 Å². The van der Waals surface area contributed by atoms with Gasteiger partial charge in [-0.15, -0.1) is 0 Å². The molecule has 292 valence electrons. The zero-order chi connectivity index (χ0) is 39.8. The van der Waals surface area contributed by atoms with Gasteiger partial charge in [-0.2, -0.15) is 44.8 Å². The van der Waals surface area contributed by atoms with Gasteiger partial charge in [-0.1, -0.05) is 6.92 Å². The van der Waals surface area contributed by atoms with Crippen LogP contribution in [0.5, 0.6) is 5.75 Å². The minimum Gasteiger partial charge on any atom is -0.490 e. The molecular formula is C35H34F9N5O5. The lowest BCUT2D eigenvalue weighted by atomic mass is 9.89. The number of hydrogen-bond donors (Lipinski definition) is 2. The number of carboxylic acid groups (broad SMARTS) is 1. The Bertz CT molecular complexity index is 1810. The minimum absolute atomic E-state index is 0.00734. The second kappa shape index (κ2) is 17.2. The van der Waals surface area contributed by atoms with Crippen molar-refractivity contribution in [1.82, 2.24) is 9.97 Å². The number of nitrogens with one attached hydrogen (secondary N) is 1. The Morgan fingerprint density at radius 2 is 1.61 bits per heavy atom. The number of hydrogen-bond acceptors (Lipinski definition) is 8. The quantitative estimate of drug-likeness (QED) is 0.121. The molecule has 54 heavy (non-hydrogen) atoms. The van der Waals surface area contributed by atoms with Crippen LogP contribution in [0.15, 0.2) is 42.6 Å². The van der Waals surface area contributed by atoms with Gasteiger partial charge in [0.05, 0.1) is 59.6 Å². The summed E-state index contributed by atoms with van der Waals surface area (Å²) >= 11 is 0. The van der Waals surface area contributed by atoms with E-state index in [0.717, 1.165) is 24.4 Å². The predicted molar refractivity (Wildman–Crippen MR) is 173 cm³/mol. The number of nitriles is 1. The molecule has 1 aliphatic rings. The normalized spacial score (nSPS) is 16.0. The van der Waals surface area contributed by atoms with Gasteiger partial charge in [-0.25, -0.2) is 14.8 Å². The van der Waals surface area contributed by atoms with E-state index in [1.165, 1.54) is 4.90 Å². The number of aromatic nitrogens is 2. The van der Waals surface area contributed by atoms with Crippen molar-refractivity contribution in [3.8, 4) is 11.8 Å². The van der Waals surface area contributed by atoms with Crippen LogP contribution in [0.25, 0.3) is 0 Å². The largest absolute Gasteiger partial charge is 0.490 e. The molecule has 4 rings (SSSR count). The van der Waals surface area contributed by atoms with Gasteiger partial charge in [0.1, 0.15) is 0 Å². The molecule has 0 aliphatic carbocycles. The summed E-state index contributed by atoms with van der Waals surface area (Å²) < 4.78 is 134. The first-order chi connectivity index (χ1) is 25.3. The fourth-order valence-electron chi connectivity index (χ4n) is 5.80. The van der Waals surface area contributed by atoms with Crippen molar-refractivity contribution in [3.05, 3.63) is 76.1 Å². The first kappa shape index (κ1) is 41.5. The third-order valence-electron chi connectivity index (χ3n) is 8.38. The van der Waals surface area contributed by atoms with Crippen LogP contribution >= 0.6 is 0 Å². The molecule has 0 bridgehead atoms. The molecule has 0 saturated heterocycles. The van der Waals surface area contributed by atoms with Crippen LogP contribution in [0.1, 0.15) is 91.4 Å². The molecule has 2 aromatic carbocycles. The molecule has 0 fully saturated rings. The van der Waals surface area contributed by atoms with E-state index in [9.17, 15) is 49.1 Å². The van der Waals surface area contributed by atoms with Gasteiger partial charge < -0.3 is 19.9 Å². The van der Waals surface area contributed by atoms with E-state index in [2.05, 4.69) is 15.3 Å². The van der Waals surface area contributed by atoms with Crippen LogP contribution in [-0.2, 0) is 34.5 Å². The number of halogens is 9. The standard InChI is InChI=1S/C35H34F9N5O5/c1-2-24-18-26(25-17-21(33(36,37)38)8-9-28(25)49(24)32(52)54-12-5-3-7-30(50)51)47-31-46-19-29(53-11-6-4-10-45)27(48-31)15-20-13-22(34(39,40)41)16-23(14-20)35(42,43)44/h8-9,13-14,16-17,19,24,26H,2-7,11-12,15,18H2,1H3,(H,50,51)(H,46,47,48)/t24-,26+/m1/s1. The van der Waals surface area contributed by atoms with Crippen molar-refractivity contribution in [3.63, 3.8) is 0 Å². The average molecular weight is 776 g/mol. The molecule has 19 heteroatoms. The average Bonchev–Trinajstić information content (AvgIpc) is 3.08. The topological polar surface area (TPSA) is 138 Å². The Hall–Kier alpha value is -5.28. The number of carbonyl (C=O) groups excluding carboxylic acids is 1. The summed E-state index contributed by atoms with van der Waals surface area (Å²) in [7, 11) is 0. The SMILES string of the molecule is CC[C@@H]1C[C@H](Nc2ncc(OCCCC#N)c(Cc3cc(C(F)(F)F)cc(C(F)(F)F)c3)n2)c2cc(C(F)(F)F)ccc2N1C(=O)OCCCCC(=O)O. The summed E-state index contributed by atoms with van der Waals surface area (Å²) in [6.07, 6.45) is -14.5. The minimum atomic E-state index is -5.12. The summed E-state index contributed by atoms with van der Waals surface area (Å²) in [6.45, 7) is 1.50. The van der Waals surface area contributed by atoms with Crippen molar-refractivity contribution in [1.29, 1.82) is 5.26 Å². The van der Waals surface area contributed by atoms with E-state index in [4.69, 9.17) is 19.8 Å². The Morgan fingerprint density at radius 1 is 0.944 bits per heavy atom. The highest BCUT2D eigenvalue weighted by molar-refractivity contribution is 5.90. The van der Waals surface area contributed by atoms with E-state index < -0.39 is 71.3 Å². The lowest BCUT2D eigenvalue weighted by Crippen LogP contribution is -2.46. The first-order valence-corrected chi connectivity index (χ1v) is 16.6. The molecule has 0 saturated carbocycles. The van der Waals surface area contributed by atoms with Gasteiger partial charge >= 0.3 is 30.6 Å². The van der Waals surface area contributed by atoms with Gasteiger partial charge in [-0.3, -0.25) is 9.69 Å². The maximum Gasteiger partial charge on any atom is 0.416 e.